The van der Waals surface area contributed by atoms with Gasteiger partial charge in [0.1, 0.15) is 17.2 Å². The monoisotopic (exact) mass is 371 g/mol. The zero-order chi connectivity index (χ0) is 18.5. The van der Waals surface area contributed by atoms with Crippen LogP contribution in [0.1, 0.15) is 5.56 Å². The Kier molecular flexibility index (Phi) is 5.43. The van der Waals surface area contributed by atoms with Crippen molar-refractivity contribution >= 4 is 23.2 Å². The van der Waals surface area contributed by atoms with E-state index in [2.05, 4.69) is 10.4 Å². The predicted octanol–water partition coefficient (Wildman–Crippen LogP) is 3.72. The van der Waals surface area contributed by atoms with E-state index in [4.69, 9.17) is 21.1 Å². The Labute approximate surface area is 156 Å². The second-order valence-electron chi connectivity index (χ2n) is 5.49. The Morgan fingerprint density at radius 3 is 2.73 bits per heavy atom. The number of para-hydroxylation sites is 1. The predicted molar refractivity (Wildman–Crippen MR) is 100 cm³/mol. The van der Waals surface area contributed by atoms with E-state index in [0.29, 0.717) is 27.9 Å². The summed E-state index contributed by atoms with van der Waals surface area (Å²) in [6.45, 7) is 0. The maximum atomic E-state index is 12.6. The van der Waals surface area contributed by atoms with Crippen molar-refractivity contribution in [2.24, 2.45) is 0 Å². The van der Waals surface area contributed by atoms with E-state index in [-0.39, 0.29) is 12.3 Å². The van der Waals surface area contributed by atoms with Gasteiger partial charge in [-0.2, -0.15) is 5.10 Å². The number of nitrogens with one attached hydrogen (secondary N) is 1. The lowest BCUT2D eigenvalue weighted by Crippen LogP contribution is -2.17. The molecule has 1 heterocycles. The number of rotatable bonds is 6. The third-order valence-corrected chi connectivity index (χ3v) is 4.14. The minimum absolute atomic E-state index is 0.130. The van der Waals surface area contributed by atoms with Gasteiger partial charge < -0.3 is 14.8 Å². The minimum atomic E-state index is -0.202. The van der Waals surface area contributed by atoms with E-state index in [1.165, 1.54) is 0 Å². The van der Waals surface area contributed by atoms with Crippen molar-refractivity contribution in [1.82, 2.24) is 9.78 Å². The van der Waals surface area contributed by atoms with Crippen LogP contribution in [0.15, 0.2) is 54.9 Å². The van der Waals surface area contributed by atoms with E-state index in [9.17, 15) is 4.79 Å². The number of hydrogen-bond acceptors (Lipinski definition) is 4. The fourth-order valence-electron chi connectivity index (χ4n) is 2.64. The van der Waals surface area contributed by atoms with Crippen LogP contribution in [-0.4, -0.2) is 29.9 Å². The highest BCUT2D eigenvalue weighted by atomic mass is 35.5. The van der Waals surface area contributed by atoms with Crippen molar-refractivity contribution < 1.29 is 14.3 Å². The number of methoxy groups -OCH3 is 2. The Morgan fingerprint density at radius 1 is 1.19 bits per heavy atom. The van der Waals surface area contributed by atoms with E-state index >= 15 is 0 Å². The number of benzene rings is 2. The molecule has 0 radical (unpaired) electrons. The normalized spacial score (nSPS) is 10.4. The number of carbonyl (C=O) groups excluding carboxylic acids is 1. The Balaban J connectivity index is 1.85. The molecule has 1 aromatic heterocycles. The Morgan fingerprint density at radius 2 is 2.04 bits per heavy atom. The molecule has 1 N–H and O–H groups in total. The Hall–Kier alpha value is -2.99. The number of amides is 1. The van der Waals surface area contributed by atoms with Crippen molar-refractivity contribution in [3.05, 3.63) is 65.4 Å². The van der Waals surface area contributed by atoms with Gasteiger partial charge in [-0.1, -0.05) is 17.7 Å². The summed E-state index contributed by atoms with van der Waals surface area (Å²) in [4.78, 5) is 12.6. The van der Waals surface area contributed by atoms with Crippen LogP contribution in [0.25, 0.3) is 5.69 Å². The molecule has 0 fully saturated rings. The largest absolute Gasteiger partial charge is 0.497 e. The van der Waals surface area contributed by atoms with Gasteiger partial charge in [-0.3, -0.25) is 4.79 Å². The molecule has 0 saturated heterocycles. The van der Waals surface area contributed by atoms with Crippen LogP contribution in [0, 0.1) is 0 Å². The fraction of sp³-hybridized carbons (Fsp3) is 0.158. The second-order valence-corrected chi connectivity index (χ2v) is 5.90. The van der Waals surface area contributed by atoms with Gasteiger partial charge in [-0.25, -0.2) is 4.68 Å². The smallest absolute Gasteiger partial charge is 0.229 e. The average molecular weight is 372 g/mol. The molecule has 2 aromatic carbocycles. The zero-order valence-electron chi connectivity index (χ0n) is 14.4. The van der Waals surface area contributed by atoms with Gasteiger partial charge in [0.2, 0.25) is 5.91 Å². The SMILES string of the molecule is COc1ccc(OC)c(CC(=O)Nc2cccc(Cl)c2-n2cccn2)c1. The topological polar surface area (TPSA) is 65.4 Å². The summed E-state index contributed by atoms with van der Waals surface area (Å²) < 4.78 is 12.2. The van der Waals surface area contributed by atoms with Crippen LogP contribution in [0.5, 0.6) is 11.5 Å². The molecule has 0 atom stereocenters. The molecule has 1 amide bonds. The van der Waals surface area contributed by atoms with E-state index in [1.807, 2.05) is 0 Å². The number of nitrogens with zero attached hydrogens (tertiary/aromatic N) is 2. The van der Waals surface area contributed by atoms with Crippen LogP contribution in [0.2, 0.25) is 5.02 Å². The maximum Gasteiger partial charge on any atom is 0.229 e. The minimum Gasteiger partial charge on any atom is -0.497 e. The molecule has 134 valence electrons. The standard InChI is InChI=1S/C19H18ClN3O3/c1-25-14-7-8-17(26-2)13(11-14)12-18(24)22-16-6-3-5-15(20)19(16)23-10-4-9-21-23/h3-11H,12H2,1-2H3,(H,22,24). The molecular formula is C19H18ClN3O3. The third-order valence-electron chi connectivity index (χ3n) is 3.83. The third kappa shape index (κ3) is 3.81. The molecule has 3 rings (SSSR count). The second kappa shape index (κ2) is 7.93. The van der Waals surface area contributed by atoms with E-state index in [0.717, 1.165) is 5.56 Å². The molecule has 0 spiro atoms. The van der Waals surface area contributed by atoms with Crippen LogP contribution < -0.4 is 14.8 Å². The average Bonchev–Trinajstić information content (AvgIpc) is 3.15. The highest BCUT2D eigenvalue weighted by Gasteiger charge is 2.15. The first-order valence-electron chi connectivity index (χ1n) is 7.91. The molecule has 0 aliphatic carbocycles. The van der Waals surface area contributed by atoms with Crippen LogP contribution in [0.3, 0.4) is 0 Å². The summed E-state index contributed by atoms with van der Waals surface area (Å²) in [5, 5.41) is 7.58. The van der Waals surface area contributed by atoms with Crippen LogP contribution in [0.4, 0.5) is 5.69 Å². The lowest BCUT2D eigenvalue weighted by molar-refractivity contribution is -0.115. The summed E-state index contributed by atoms with van der Waals surface area (Å²) in [5.74, 6) is 1.08. The molecule has 0 unspecified atom stereocenters. The van der Waals surface area contributed by atoms with Crippen LogP contribution >= 0.6 is 11.6 Å². The molecule has 0 saturated carbocycles. The maximum absolute atomic E-state index is 12.6. The van der Waals surface area contributed by atoms with Gasteiger partial charge in [0.25, 0.3) is 0 Å². The molecule has 0 bridgehead atoms. The lowest BCUT2D eigenvalue weighted by Gasteiger charge is -2.14. The van der Waals surface area contributed by atoms with Crippen molar-refractivity contribution in [2.75, 3.05) is 19.5 Å². The molecule has 3 aromatic rings. The van der Waals surface area contributed by atoms with E-state index < -0.39 is 0 Å². The van der Waals surface area contributed by atoms with Gasteiger partial charge in [0, 0.05) is 18.0 Å². The number of carbonyl (C=O) groups is 1. The number of hydrogen-bond donors (Lipinski definition) is 1. The first kappa shape index (κ1) is 17.8. The lowest BCUT2D eigenvalue weighted by atomic mass is 10.1. The molecule has 6 nitrogen and oxygen atoms in total. The van der Waals surface area contributed by atoms with Crippen molar-refractivity contribution in [1.29, 1.82) is 0 Å². The molecule has 26 heavy (non-hydrogen) atoms. The number of anilines is 1. The van der Waals surface area contributed by atoms with E-state index in [1.54, 1.807) is 73.8 Å². The number of halogens is 1. The van der Waals surface area contributed by atoms with Gasteiger partial charge in [0.05, 0.1) is 31.4 Å². The first-order chi connectivity index (χ1) is 12.6. The summed E-state index contributed by atoms with van der Waals surface area (Å²) >= 11 is 6.30. The Bertz CT molecular complexity index is 910. The summed E-state index contributed by atoms with van der Waals surface area (Å²) in [5.41, 5.74) is 1.92. The first-order valence-corrected chi connectivity index (χ1v) is 8.29. The zero-order valence-corrected chi connectivity index (χ0v) is 15.2. The van der Waals surface area contributed by atoms with Gasteiger partial charge in [-0.05, 0) is 36.4 Å². The number of aromatic nitrogens is 2. The van der Waals surface area contributed by atoms with Crippen molar-refractivity contribution in [3.63, 3.8) is 0 Å². The van der Waals surface area contributed by atoms with Crippen molar-refractivity contribution in [2.45, 2.75) is 6.42 Å². The highest BCUT2D eigenvalue weighted by Crippen LogP contribution is 2.29. The highest BCUT2D eigenvalue weighted by molar-refractivity contribution is 6.33. The fourth-order valence-corrected chi connectivity index (χ4v) is 2.90. The molecule has 0 aliphatic rings. The summed E-state index contributed by atoms with van der Waals surface area (Å²) in [6.07, 6.45) is 3.55. The quantitative estimate of drug-likeness (QED) is 0.717. The molecule has 0 aliphatic heterocycles. The summed E-state index contributed by atoms with van der Waals surface area (Å²) in [7, 11) is 3.14. The van der Waals surface area contributed by atoms with Gasteiger partial charge in [0.15, 0.2) is 0 Å². The van der Waals surface area contributed by atoms with Gasteiger partial charge >= 0.3 is 0 Å². The number of ether oxygens (including phenoxy) is 2. The summed E-state index contributed by atoms with van der Waals surface area (Å²) in [6, 6.07) is 12.4. The van der Waals surface area contributed by atoms with Crippen LogP contribution in [-0.2, 0) is 11.2 Å². The van der Waals surface area contributed by atoms with Gasteiger partial charge in [-0.15, -0.1) is 0 Å². The molecule has 7 heteroatoms. The molecular weight excluding hydrogens is 354 g/mol. The van der Waals surface area contributed by atoms with Crippen molar-refractivity contribution in [3.8, 4) is 17.2 Å².